The molecule has 1 N–H and O–H groups in total. The van der Waals surface area contributed by atoms with Crippen LogP contribution in [-0.4, -0.2) is 26.3 Å². The second-order valence-corrected chi connectivity index (χ2v) is 4.34. The van der Waals surface area contributed by atoms with Crippen molar-refractivity contribution in [2.75, 3.05) is 11.5 Å². The van der Waals surface area contributed by atoms with E-state index < -0.39 is 0 Å². The highest BCUT2D eigenvalue weighted by Crippen LogP contribution is 2.14. The molecule has 0 spiro atoms. The average molecular weight is 233 g/mol. The van der Waals surface area contributed by atoms with Gasteiger partial charge in [-0.25, -0.2) is 9.89 Å². The van der Waals surface area contributed by atoms with Gasteiger partial charge in [0.15, 0.2) is 5.16 Å². The maximum atomic E-state index is 11.2. The normalized spacial score (nSPS) is 10.7. The third-order valence-electron chi connectivity index (χ3n) is 1.82. The summed E-state index contributed by atoms with van der Waals surface area (Å²) in [6.07, 6.45) is 2.22. The molecule has 0 atom stereocenters. The van der Waals surface area contributed by atoms with E-state index in [1.165, 1.54) is 0 Å². The summed E-state index contributed by atoms with van der Waals surface area (Å²) in [6, 6.07) is 0. The third kappa shape index (κ3) is 3.09. The van der Waals surface area contributed by atoms with Crippen LogP contribution >= 0.6 is 24.4 Å². The van der Waals surface area contributed by atoms with Crippen LogP contribution in [0.2, 0.25) is 0 Å². The number of nitrogens with one attached hydrogen (secondary N) is 1. The number of rotatable bonds is 6. The number of aromatic nitrogens is 3. The molecule has 0 fully saturated rings. The van der Waals surface area contributed by atoms with Gasteiger partial charge < -0.3 is 0 Å². The van der Waals surface area contributed by atoms with Crippen molar-refractivity contribution in [1.29, 1.82) is 0 Å². The van der Waals surface area contributed by atoms with E-state index in [0.29, 0.717) is 6.54 Å². The summed E-state index contributed by atoms with van der Waals surface area (Å²) in [5.41, 5.74) is -0.121. The Bertz CT molecular complexity index is 321. The number of aromatic amines is 1. The van der Waals surface area contributed by atoms with Gasteiger partial charge in [0.1, 0.15) is 0 Å². The van der Waals surface area contributed by atoms with Crippen molar-refractivity contribution in [2.24, 2.45) is 0 Å². The molecule has 1 aromatic heterocycles. The Balaban J connectivity index is 2.46. The molecule has 0 radical (unpaired) electrons. The van der Waals surface area contributed by atoms with Gasteiger partial charge in [-0.3, -0.25) is 4.57 Å². The molecule has 0 aliphatic carbocycles. The predicted octanol–water partition coefficient (Wildman–Crippen LogP) is 1.39. The molecule has 0 aliphatic heterocycles. The highest BCUT2D eigenvalue weighted by molar-refractivity contribution is 7.99. The minimum atomic E-state index is -0.121. The van der Waals surface area contributed by atoms with Crippen molar-refractivity contribution >= 4 is 24.4 Å². The molecule has 1 aromatic rings. The molecule has 4 nitrogen and oxygen atoms in total. The van der Waals surface area contributed by atoms with Crippen LogP contribution in [0.5, 0.6) is 0 Å². The molecule has 0 aliphatic rings. The molecule has 0 aromatic carbocycles. The van der Waals surface area contributed by atoms with Crippen LogP contribution in [-0.2, 0) is 6.54 Å². The fourth-order valence-electron chi connectivity index (χ4n) is 1.07. The molecule has 0 saturated heterocycles. The van der Waals surface area contributed by atoms with E-state index >= 15 is 0 Å². The number of hydrogen-bond acceptors (Lipinski definition) is 4. The van der Waals surface area contributed by atoms with Crippen LogP contribution in [0.1, 0.15) is 19.8 Å². The second-order valence-electron chi connectivity index (χ2n) is 2.83. The molecular formula is C8H15N3OS2. The third-order valence-corrected chi connectivity index (χ3v) is 3.20. The lowest BCUT2D eigenvalue weighted by Gasteiger charge is -2.00. The first-order valence-electron chi connectivity index (χ1n) is 4.68. The molecule has 0 unspecified atom stereocenters. The fourth-order valence-corrected chi connectivity index (χ4v) is 2.30. The standard InChI is InChI=1S/C8H15N3OS2/c1-2-11-7(12)9-10-8(11)14-6-4-3-5-13/h13H,2-6H2,1H3,(H,9,12). The van der Waals surface area contributed by atoms with E-state index in [9.17, 15) is 4.79 Å². The number of thioether (sulfide) groups is 1. The van der Waals surface area contributed by atoms with Gasteiger partial charge in [-0.15, -0.1) is 5.10 Å². The van der Waals surface area contributed by atoms with E-state index in [1.54, 1.807) is 16.3 Å². The maximum Gasteiger partial charge on any atom is 0.343 e. The van der Waals surface area contributed by atoms with Gasteiger partial charge in [0.2, 0.25) is 0 Å². The summed E-state index contributed by atoms with van der Waals surface area (Å²) in [5.74, 6) is 1.91. The Morgan fingerprint density at radius 3 is 3.00 bits per heavy atom. The first kappa shape index (κ1) is 11.7. The van der Waals surface area contributed by atoms with Crippen molar-refractivity contribution in [2.45, 2.75) is 31.5 Å². The van der Waals surface area contributed by atoms with Crippen LogP contribution in [0.3, 0.4) is 0 Å². The predicted molar refractivity (Wildman–Crippen MR) is 62.3 cm³/mol. The molecule has 0 saturated carbocycles. The van der Waals surface area contributed by atoms with Crippen molar-refractivity contribution in [3.8, 4) is 0 Å². The van der Waals surface area contributed by atoms with Crippen molar-refractivity contribution in [3.05, 3.63) is 10.5 Å². The highest BCUT2D eigenvalue weighted by Gasteiger charge is 2.05. The largest absolute Gasteiger partial charge is 0.343 e. The number of H-pyrrole nitrogens is 1. The number of hydrogen-bond donors (Lipinski definition) is 2. The molecule has 80 valence electrons. The average Bonchev–Trinajstić information content (AvgIpc) is 2.54. The lowest BCUT2D eigenvalue weighted by atomic mass is 10.4. The first-order chi connectivity index (χ1) is 6.79. The van der Waals surface area contributed by atoms with Crippen molar-refractivity contribution in [3.63, 3.8) is 0 Å². The number of nitrogens with zero attached hydrogens (tertiary/aromatic N) is 2. The van der Waals surface area contributed by atoms with Gasteiger partial charge >= 0.3 is 5.69 Å². The van der Waals surface area contributed by atoms with E-state index in [-0.39, 0.29) is 5.69 Å². The second kappa shape index (κ2) is 6.19. The van der Waals surface area contributed by atoms with Crippen LogP contribution < -0.4 is 5.69 Å². The highest BCUT2D eigenvalue weighted by atomic mass is 32.2. The van der Waals surface area contributed by atoms with Gasteiger partial charge in [-0.2, -0.15) is 12.6 Å². The molecule has 14 heavy (non-hydrogen) atoms. The van der Waals surface area contributed by atoms with Crippen LogP contribution in [0.15, 0.2) is 9.95 Å². The van der Waals surface area contributed by atoms with Gasteiger partial charge in [-0.05, 0) is 25.5 Å². The Hall–Kier alpha value is -0.360. The van der Waals surface area contributed by atoms with E-state index in [4.69, 9.17) is 0 Å². The molecule has 1 heterocycles. The minimum absolute atomic E-state index is 0.121. The molecule has 6 heteroatoms. The van der Waals surface area contributed by atoms with Gasteiger partial charge in [0.05, 0.1) is 0 Å². The molecule has 0 amide bonds. The van der Waals surface area contributed by atoms with Crippen molar-refractivity contribution < 1.29 is 0 Å². The zero-order chi connectivity index (χ0) is 10.4. The van der Waals surface area contributed by atoms with E-state index in [1.807, 2.05) is 6.92 Å². The van der Waals surface area contributed by atoms with Gasteiger partial charge in [0, 0.05) is 12.3 Å². The Morgan fingerprint density at radius 2 is 2.36 bits per heavy atom. The number of unbranched alkanes of at least 4 members (excludes halogenated alkanes) is 1. The Kier molecular flexibility index (Phi) is 5.17. The molecule has 0 bridgehead atoms. The topological polar surface area (TPSA) is 50.7 Å². The van der Waals surface area contributed by atoms with Crippen LogP contribution in [0.25, 0.3) is 0 Å². The summed E-state index contributed by atoms with van der Waals surface area (Å²) in [4.78, 5) is 11.2. The number of thiol groups is 1. The summed E-state index contributed by atoms with van der Waals surface area (Å²) in [6.45, 7) is 2.61. The Morgan fingerprint density at radius 1 is 1.57 bits per heavy atom. The fraction of sp³-hybridized carbons (Fsp3) is 0.750. The van der Waals surface area contributed by atoms with Gasteiger partial charge in [0.25, 0.3) is 0 Å². The van der Waals surface area contributed by atoms with Crippen molar-refractivity contribution in [1.82, 2.24) is 14.8 Å². The maximum absolute atomic E-state index is 11.2. The zero-order valence-electron chi connectivity index (χ0n) is 8.19. The summed E-state index contributed by atoms with van der Waals surface area (Å²) in [7, 11) is 0. The quantitative estimate of drug-likeness (QED) is 0.443. The summed E-state index contributed by atoms with van der Waals surface area (Å²) in [5, 5.41) is 7.19. The summed E-state index contributed by atoms with van der Waals surface area (Å²) >= 11 is 5.76. The van der Waals surface area contributed by atoms with Gasteiger partial charge in [-0.1, -0.05) is 11.8 Å². The lowest BCUT2D eigenvalue weighted by Crippen LogP contribution is -2.16. The van der Waals surface area contributed by atoms with E-state index in [2.05, 4.69) is 22.8 Å². The first-order valence-corrected chi connectivity index (χ1v) is 6.30. The van der Waals surface area contributed by atoms with Crippen LogP contribution in [0, 0.1) is 0 Å². The van der Waals surface area contributed by atoms with Crippen LogP contribution in [0.4, 0.5) is 0 Å². The lowest BCUT2D eigenvalue weighted by molar-refractivity contribution is 0.660. The molecule has 1 rings (SSSR count). The monoisotopic (exact) mass is 233 g/mol. The zero-order valence-corrected chi connectivity index (χ0v) is 9.90. The Labute approximate surface area is 92.9 Å². The minimum Gasteiger partial charge on any atom is -0.270 e. The smallest absolute Gasteiger partial charge is 0.270 e. The summed E-state index contributed by atoms with van der Waals surface area (Å²) < 4.78 is 1.64. The van der Waals surface area contributed by atoms with E-state index in [0.717, 1.165) is 29.5 Å². The molecular weight excluding hydrogens is 218 g/mol. The SMILES string of the molecule is CCn1c(SCCCCS)n[nH]c1=O.